The Morgan fingerprint density at radius 2 is 2.05 bits per heavy atom. The van der Waals surface area contributed by atoms with Gasteiger partial charge < -0.3 is 4.90 Å². The van der Waals surface area contributed by atoms with Crippen molar-refractivity contribution in [1.82, 2.24) is 9.88 Å². The summed E-state index contributed by atoms with van der Waals surface area (Å²) in [5.41, 5.74) is -0.544. The molecule has 1 aliphatic heterocycles. The van der Waals surface area contributed by atoms with E-state index in [1.54, 1.807) is 4.90 Å². The van der Waals surface area contributed by atoms with Crippen molar-refractivity contribution in [3.8, 4) is 0 Å². The minimum atomic E-state index is -4.46. The number of alkyl halides is 3. The van der Waals surface area contributed by atoms with Gasteiger partial charge in [-0.25, -0.2) is 9.78 Å². The van der Waals surface area contributed by atoms with Crippen LogP contribution in [0.1, 0.15) is 25.5 Å². The molecular weight excluding hydrogens is 271 g/mol. The summed E-state index contributed by atoms with van der Waals surface area (Å²) >= 11 is 0. The van der Waals surface area contributed by atoms with E-state index >= 15 is 0 Å². The predicted molar refractivity (Wildman–Crippen MR) is 68.5 cm³/mol. The lowest BCUT2D eigenvalue weighted by Gasteiger charge is -2.18. The second-order valence-corrected chi connectivity index (χ2v) is 4.67. The van der Waals surface area contributed by atoms with Crippen molar-refractivity contribution in [2.24, 2.45) is 0 Å². The second kappa shape index (κ2) is 5.68. The molecule has 4 nitrogen and oxygen atoms in total. The number of rotatable bonds is 4. The SMILES string of the molecule is CCCCN1CCN(c2ccc(C(F)(F)F)nc2)C1=O. The van der Waals surface area contributed by atoms with E-state index in [4.69, 9.17) is 0 Å². The number of unbranched alkanes of at least 4 members (excludes halogenated alkanes) is 1. The zero-order valence-corrected chi connectivity index (χ0v) is 11.2. The molecule has 110 valence electrons. The highest BCUT2D eigenvalue weighted by Gasteiger charge is 2.33. The summed E-state index contributed by atoms with van der Waals surface area (Å²) in [6, 6.07) is 2.02. The minimum absolute atomic E-state index is 0.167. The number of urea groups is 1. The number of aromatic nitrogens is 1. The van der Waals surface area contributed by atoms with Gasteiger partial charge in [0.15, 0.2) is 0 Å². The van der Waals surface area contributed by atoms with Crippen LogP contribution in [0, 0.1) is 0 Å². The number of nitrogens with zero attached hydrogens (tertiary/aromatic N) is 3. The van der Waals surface area contributed by atoms with Crippen LogP contribution in [-0.2, 0) is 6.18 Å². The molecule has 0 spiro atoms. The molecule has 1 fully saturated rings. The van der Waals surface area contributed by atoms with Gasteiger partial charge in [-0.05, 0) is 18.6 Å². The van der Waals surface area contributed by atoms with Gasteiger partial charge in [-0.2, -0.15) is 13.2 Å². The Morgan fingerprint density at radius 1 is 1.30 bits per heavy atom. The fraction of sp³-hybridized carbons (Fsp3) is 0.538. The van der Waals surface area contributed by atoms with Gasteiger partial charge in [-0.3, -0.25) is 4.90 Å². The zero-order valence-electron chi connectivity index (χ0n) is 11.2. The largest absolute Gasteiger partial charge is 0.433 e. The number of hydrogen-bond acceptors (Lipinski definition) is 2. The third-order valence-corrected chi connectivity index (χ3v) is 3.23. The molecule has 0 N–H and O–H groups in total. The van der Waals surface area contributed by atoms with Crippen LogP contribution < -0.4 is 4.90 Å². The van der Waals surface area contributed by atoms with Crippen molar-refractivity contribution in [1.29, 1.82) is 0 Å². The molecule has 1 saturated heterocycles. The molecule has 1 aliphatic rings. The van der Waals surface area contributed by atoms with Crippen LogP contribution in [0.25, 0.3) is 0 Å². The number of anilines is 1. The molecule has 2 rings (SSSR count). The van der Waals surface area contributed by atoms with Crippen molar-refractivity contribution >= 4 is 11.7 Å². The standard InChI is InChI=1S/C13H16F3N3O/c1-2-3-6-18-7-8-19(12(18)20)10-4-5-11(17-9-10)13(14,15)16/h4-5,9H,2-3,6-8H2,1H3. The summed E-state index contributed by atoms with van der Waals surface area (Å²) in [4.78, 5) is 18.6. The molecule has 0 aliphatic carbocycles. The normalized spacial score (nSPS) is 16.1. The number of pyridine rings is 1. The lowest BCUT2D eigenvalue weighted by Crippen LogP contribution is -2.32. The van der Waals surface area contributed by atoms with Gasteiger partial charge in [-0.1, -0.05) is 13.3 Å². The Morgan fingerprint density at radius 3 is 2.60 bits per heavy atom. The first-order valence-corrected chi connectivity index (χ1v) is 6.53. The molecule has 2 heterocycles. The van der Waals surface area contributed by atoms with Crippen molar-refractivity contribution in [3.05, 3.63) is 24.0 Å². The lowest BCUT2D eigenvalue weighted by molar-refractivity contribution is -0.141. The van der Waals surface area contributed by atoms with Crippen molar-refractivity contribution in [3.63, 3.8) is 0 Å². The van der Waals surface area contributed by atoms with E-state index < -0.39 is 11.9 Å². The fourth-order valence-corrected chi connectivity index (χ4v) is 2.09. The highest BCUT2D eigenvalue weighted by Crippen LogP contribution is 2.29. The number of hydrogen-bond donors (Lipinski definition) is 0. The summed E-state index contributed by atoms with van der Waals surface area (Å²) in [5, 5.41) is 0. The van der Waals surface area contributed by atoms with E-state index in [2.05, 4.69) is 4.98 Å². The molecule has 0 atom stereocenters. The Hall–Kier alpha value is -1.79. The average molecular weight is 287 g/mol. The Balaban J connectivity index is 2.07. The molecule has 0 bridgehead atoms. The van der Waals surface area contributed by atoms with E-state index in [0.717, 1.165) is 25.1 Å². The number of halogens is 3. The number of carbonyl (C=O) groups excluding carboxylic acids is 1. The summed E-state index contributed by atoms with van der Waals surface area (Å²) in [6.07, 6.45) is -1.44. The Bertz CT molecular complexity index is 473. The fourth-order valence-electron chi connectivity index (χ4n) is 2.09. The van der Waals surface area contributed by atoms with Crippen molar-refractivity contribution in [2.75, 3.05) is 24.5 Å². The maximum Gasteiger partial charge on any atom is 0.433 e. The lowest BCUT2D eigenvalue weighted by atomic mass is 10.3. The first-order chi connectivity index (χ1) is 9.43. The zero-order chi connectivity index (χ0) is 14.8. The summed E-state index contributed by atoms with van der Waals surface area (Å²) < 4.78 is 37.3. The van der Waals surface area contributed by atoms with Gasteiger partial charge in [0.05, 0.1) is 11.9 Å². The highest BCUT2D eigenvalue weighted by molar-refractivity contribution is 5.93. The number of amides is 2. The van der Waals surface area contributed by atoms with Gasteiger partial charge in [-0.15, -0.1) is 0 Å². The molecule has 2 amide bonds. The smallest absolute Gasteiger partial charge is 0.323 e. The van der Waals surface area contributed by atoms with E-state index in [9.17, 15) is 18.0 Å². The first-order valence-electron chi connectivity index (χ1n) is 6.53. The molecular formula is C13H16F3N3O. The molecule has 7 heteroatoms. The Labute approximate surface area is 115 Å². The second-order valence-electron chi connectivity index (χ2n) is 4.67. The van der Waals surface area contributed by atoms with Gasteiger partial charge in [0.25, 0.3) is 0 Å². The monoisotopic (exact) mass is 287 g/mol. The predicted octanol–water partition coefficient (Wildman–Crippen LogP) is 3.14. The van der Waals surface area contributed by atoms with Crippen molar-refractivity contribution in [2.45, 2.75) is 25.9 Å². The summed E-state index contributed by atoms with van der Waals surface area (Å²) in [5.74, 6) is 0. The highest BCUT2D eigenvalue weighted by atomic mass is 19.4. The molecule has 0 saturated carbocycles. The summed E-state index contributed by atoms with van der Waals surface area (Å²) in [7, 11) is 0. The van der Waals surface area contributed by atoms with Crippen LogP contribution in [0.2, 0.25) is 0 Å². The maximum atomic E-state index is 12.4. The molecule has 1 aromatic heterocycles. The summed E-state index contributed by atoms with van der Waals surface area (Å²) in [6.45, 7) is 3.80. The molecule has 0 aromatic carbocycles. The Kier molecular flexibility index (Phi) is 4.15. The van der Waals surface area contributed by atoms with E-state index in [-0.39, 0.29) is 6.03 Å². The van der Waals surface area contributed by atoms with Crippen molar-refractivity contribution < 1.29 is 18.0 Å². The molecule has 0 radical (unpaired) electrons. The van der Waals surface area contributed by atoms with E-state index in [0.29, 0.717) is 25.3 Å². The van der Waals surface area contributed by atoms with E-state index in [1.165, 1.54) is 11.0 Å². The quantitative estimate of drug-likeness (QED) is 0.853. The third-order valence-electron chi connectivity index (χ3n) is 3.23. The first kappa shape index (κ1) is 14.6. The van der Waals surface area contributed by atoms with Gasteiger partial charge in [0, 0.05) is 19.6 Å². The van der Waals surface area contributed by atoms with Crippen LogP contribution in [-0.4, -0.2) is 35.5 Å². The van der Waals surface area contributed by atoms with Crippen LogP contribution in [0.5, 0.6) is 0 Å². The minimum Gasteiger partial charge on any atom is -0.323 e. The number of carbonyl (C=O) groups is 1. The maximum absolute atomic E-state index is 12.4. The van der Waals surface area contributed by atoms with Gasteiger partial charge >= 0.3 is 12.2 Å². The molecule has 20 heavy (non-hydrogen) atoms. The third kappa shape index (κ3) is 3.02. The van der Waals surface area contributed by atoms with Crippen LogP contribution >= 0.6 is 0 Å². The van der Waals surface area contributed by atoms with Crippen LogP contribution in [0.15, 0.2) is 18.3 Å². The van der Waals surface area contributed by atoms with Crippen LogP contribution in [0.4, 0.5) is 23.7 Å². The van der Waals surface area contributed by atoms with Crippen LogP contribution in [0.3, 0.4) is 0 Å². The topological polar surface area (TPSA) is 36.4 Å². The van der Waals surface area contributed by atoms with Gasteiger partial charge in [0.1, 0.15) is 5.69 Å². The van der Waals surface area contributed by atoms with Gasteiger partial charge in [0.2, 0.25) is 0 Å². The average Bonchev–Trinajstić information content (AvgIpc) is 2.77. The molecule has 1 aromatic rings. The van der Waals surface area contributed by atoms with E-state index in [1.807, 2.05) is 6.92 Å². The molecule has 0 unspecified atom stereocenters.